The van der Waals surface area contributed by atoms with E-state index in [4.69, 9.17) is 5.73 Å². The van der Waals surface area contributed by atoms with Crippen LogP contribution in [0.1, 0.15) is 0 Å². The van der Waals surface area contributed by atoms with Crippen LogP contribution in [0.25, 0.3) is 22.6 Å². The van der Waals surface area contributed by atoms with Crippen molar-refractivity contribution in [2.45, 2.75) is 0 Å². The largest absolute Gasteiger partial charge is 0.508 e. The van der Waals surface area contributed by atoms with Gasteiger partial charge >= 0.3 is 0 Å². The molecular formula is C19H15N5O2. The van der Waals surface area contributed by atoms with Crippen molar-refractivity contribution >= 4 is 5.69 Å². The molecule has 7 heteroatoms. The summed E-state index contributed by atoms with van der Waals surface area (Å²) < 4.78 is 2.71. The smallest absolute Gasteiger partial charge is 0.296 e. The van der Waals surface area contributed by atoms with E-state index in [-0.39, 0.29) is 11.4 Å². The third kappa shape index (κ3) is 2.61. The topological polar surface area (TPSA) is 99.0 Å². The summed E-state index contributed by atoms with van der Waals surface area (Å²) in [6.45, 7) is 0. The normalized spacial score (nSPS) is 10.8. The van der Waals surface area contributed by atoms with Crippen LogP contribution in [0.15, 0.2) is 77.9 Å². The van der Waals surface area contributed by atoms with Crippen molar-refractivity contribution in [2.24, 2.45) is 0 Å². The predicted molar refractivity (Wildman–Crippen MR) is 98.5 cm³/mol. The lowest BCUT2D eigenvalue weighted by atomic mass is 10.1. The number of anilines is 1. The van der Waals surface area contributed by atoms with E-state index in [0.29, 0.717) is 17.1 Å². The minimum Gasteiger partial charge on any atom is -0.508 e. The summed E-state index contributed by atoms with van der Waals surface area (Å²) in [5.74, 6) is 0.0344. The summed E-state index contributed by atoms with van der Waals surface area (Å²) in [6.07, 6.45) is 3.31. The molecule has 0 unspecified atom stereocenters. The van der Waals surface area contributed by atoms with Crippen LogP contribution in [0.2, 0.25) is 0 Å². The van der Waals surface area contributed by atoms with E-state index < -0.39 is 5.56 Å². The van der Waals surface area contributed by atoms with Gasteiger partial charge in [0.1, 0.15) is 22.8 Å². The molecule has 0 aliphatic rings. The van der Waals surface area contributed by atoms with Gasteiger partial charge in [-0.1, -0.05) is 36.4 Å². The zero-order valence-corrected chi connectivity index (χ0v) is 13.6. The summed E-state index contributed by atoms with van der Waals surface area (Å²) in [5.41, 5.74) is 7.87. The van der Waals surface area contributed by atoms with Crippen molar-refractivity contribution in [3.8, 4) is 28.4 Å². The predicted octanol–water partition coefficient (Wildman–Crippen LogP) is 2.37. The highest BCUT2D eigenvalue weighted by Crippen LogP contribution is 2.27. The summed E-state index contributed by atoms with van der Waals surface area (Å²) in [5, 5.41) is 18.5. The Labute approximate surface area is 148 Å². The molecule has 4 rings (SSSR count). The lowest BCUT2D eigenvalue weighted by Gasteiger charge is -2.15. The highest BCUT2D eigenvalue weighted by Gasteiger charge is 2.19. The van der Waals surface area contributed by atoms with Crippen molar-refractivity contribution in [2.75, 3.05) is 5.73 Å². The molecule has 0 saturated heterocycles. The zero-order valence-electron chi connectivity index (χ0n) is 13.6. The maximum Gasteiger partial charge on any atom is 0.296 e. The molecule has 128 valence electrons. The first-order chi connectivity index (χ1) is 12.6. The lowest BCUT2D eigenvalue weighted by Crippen LogP contribution is -2.27. The van der Waals surface area contributed by atoms with Gasteiger partial charge in [-0.2, -0.15) is 14.9 Å². The molecular weight excluding hydrogens is 330 g/mol. The monoisotopic (exact) mass is 345 g/mol. The molecule has 4 aromatic rings. The van der Waals surface area contributed by atoms with Crippen molar-refractivity contribution < 1.29 is 5.11 Å². The third-order valence-corrected chi connectivity index (χ3v) is 3.96. The number of hydrogen-bond acceptors (Lipinski definition) is 5. The number of nitrogens with two attached hydrogens (primary N) is 1. The molecule has 0 saturated carbocycles. The number of nitrogens with zero attached hydrogens (tertiary/aromatic N) is 4. The Kier molecular flexibility index (Phi) is 3.74. The molecule has 0 aliphatic heterocycles. The molecule has 2 heterocycles. The summed E-state index contributed by atoms with van der Waals surface area (Å²) in [6, 6.07) is 17.4. The number of phenols is 1. The molecule has 2 aromatic carbocycles. The number of benzene rings is 2. The number of aromatic nitrogens is 4. The van der Waals surface area contributed by atoms with Gasteiger partial charge in [0.15, 0.2) is 0 Å². The van der Waals surface area contributed by atoms with Gasteiger partial charge in [-0.3, -0.25) is 4.79 Å². The first-order valence-corrected chi connectivity index (χ1v) is 7.93. The Balaban J connectivity index is 2.06. The molecule has 0 fully saturated rings. The zero-order chi connectivity index (χ0) is 18.1. The average molecular weight is 345 g/mol. The Hall–Kier alpha value is -3.87. The standard InChI is InChI=1S/C19H15N5O2/c20-16-18(23-11-5-10-21-23)17(13-6-2-1-3-7-13)22-24(19(16)26)14-8-4-9-15(25)12-14/h1-12,25H,20H2. The fraction of sp³-hybridized carbons (Fsp3) is 0. The summed E-state index contributed by atoms with van der Waals surface area (Å²) >= 11 is 0. The van der Waals surface area contributed by atoms with Gasteiger partial charge in [0.05, 0.1) is 5.69 Å². The summed E-state index contributed by atoms with van der Waals surface area (Å²) in [7, 11) is 0. The molecule has 2 aromatic heterocycles. The number of aromatic hydroxyl groups is 1. The van der Waals surface area contributed by atoms with Crippen LogP contribution in [-0.2, 0) is 0 Å². The van der Waals surface area contributed by atoms with Gasteiger partial charge in [-0.25, -0.2) is 4.68 Å². The van der Waals surface area contributed by atoms with Gasteiger partial charge in [0.25, 0.3) is 5.56 Å². The fourth-order valence-corrected chi connectivity index (χ4v) is 2.76. The molecule has 0 bridgehead atoms. The second kappa shape index (κ2) is 6.21. The Morgan fingerprint density at radius 1 is 1.00 bits per heavy atom. The first kappa shape index (κ1) is 15.6. The lowest BCUT2D eigenvalue weighted by molar-refractivity contribution is 0.474. The Morgan fingerprint density at radius 2 is 1.81 bits per heavy atom. The minimum atomic E-state index is -0.485. The van der Waals surface area contributed by atoms with Crippen molar-refractivity contribution in [3.63, 3.8) is 0 Å². The SMILES string of the molecule is Nc1c(-n2cccn2)c(-c2ccccc2)nn(-c2cccc(O)c2)c1=O. The van der Waals surface area contributed by atoms with E-state index in [1.807, 2.05) is 30.3 Å². The van der Waals surface area contributed by atoms with E-state index >= 15 is 0 Å². The van der Waals surface area contributed by atoms with Crippen LogP contribution in [-0.4, -0.2) is 24.7 Å². The second-order valence-electron chi connectivity index (χ2n) is 5.66. The molecule has 7 nitrogen and oxygen atoms in total. The molecule has 0 radical (unpaired) electrons. The van der Waals surface area contributed by atoms with Crippen LogP contribution >= 0.6 is 0 Å². The van der Waals surface area contributed by atoms with Gasteiger partial charge in [-0.05, 0) is 18.2 Å². The average Bonchev–Trinajstić information content (AvgIpc) is 3.18. The Bertz CT molecular complexity index is 1120. The van der Waals surface area contributed by atoms with Crippen LogP contribution in [0.3, 0.4) is 0 Å². The maximum atomic E-state index is 12.8. The molecule has 3 N–H and O–H groups in total. The molecule has 0 atom stereocenters. The molecule has 26 heavy (non-hydrogen) atoms. The van der Waals surface area contributed by atoms with Crippen molar-refractivity contribution in [1.82, 2.24) is 19.6 Å². The van der Waals surface area contributed by atoms with Gasteiger partial charge < -0.3 is 10.8 Å². The second-order valence-corrected chi connectivity index (χ2v) is 5.66. The van der Waals surface area contributed by atoms with E-state index in [1.165, 1.54) is 21.5 Å². The molecule has 0 spiro atoms. The van der Waals surface area contributed by atoms with Crippen molar-refractivity contribution in [3.05, 3.63) is 83.4 Å². The van der Waals surface area contributed by atoms with Crippen molar-refractivity contribution in [1.29, 1.82) is 0 Å². The highest BCUT2D eigenvalue weighted by atomic mass is 16.3. The van der Waals surface area contributed by atoms with E-state index in [1.54, 1.807) is 30.6 Å². The van der Waals surface area contributed by atoms with Crippen LogP contribution in [0.5, 0.6) is 5.75 Å². The highest BCUT2D eigenvalue weighted by molar-refractivity contribution is 5.76. The number of phenolic OH excluding ortho intramolecular Hbond substituents is 1. The minimum absolute atomic E-state index is 0.0193. The van der Waals surface area contributed by atoms with Crippen LogP contribution in [0, 0.1) is 0 Å². The third-order valence-electron chi connectivity index (χ3n) is 3.96. The summed E-state index contributed by atoms with van der Waals surface area (Å²) in [4.78, 5) is 12.8. The first-order valence-electron chi connectivity index (χ1n) is 7.93. The van der Waals surface area contributed by atoms with Gasteiger partial charge in [0, 0.05) is 24.0 Å². The van der Waals surface area contributed by atoms with E-state index in [9.17, 15) is 9.90 Å². The van der Waals surface area contributed by atoms with Gasteiger partial charge in [0.2, 0.25) is 0 Å². The molecule has 0 amide bonds. The quantitative estimate of drug-likeness (QED) is 0.594. The van der Waals surface area contributed by atoms with Crippen LogP contribution < -0.4 is 11.3 Å². The maximum absolute atomic E-state index is 12.8. The van der Waals surface area contributed by atoms with E-state index in [2.05, 4.69) is 10.2 Å². The van der Waals surface area contributed by atoms with E-state index in [0.717, 1.165) is 5.56 Å². The fourth-order valence-electron chi connectivity index (χ4n) is 2.76. The molecule has 0 aliphatic carbocycles. The van der Waals surface area contributed by atoms with Crippen LogP contribution in [0.4, 0.5) is 5.69 Å². The Morgan fingerprint density at radius 3 is 2.50 bits per heavy atom. The number of rotatable bonds is 3. The number of hydrogen-bond donors (Lipinski definition) is 2. The van der Waals surface area contributed by atoms with Gasteiger partial charge in [-0.15, -0.1) is 0 Å². The number of nitrogen functional groups attached to an aromatic ring is 1.